The molecule has 0 bridgehead atoms. The number of carbonyl (C=O) groups excluding carboxylic acids is 1. The van der Waals surface area contributed by atoms with Crippen molar-refractivity contribution in [1.82, 2.24) is 10.2 Å². The van der Waals surface area contributed by atoms with E-state index in [1.54, 1.807) is 12.1 Å². The Labute approximate surface area is 188 Å². The highest BCUT2D eigenvalue weighted by molar-refractivity contribution is 5.93. The summed E-state index contributed by atoms with van der Waals surface area (Å²) in [4.78, 5) is 27.7. The summed E-state index contributed by atoms with van der Waals surface area (Å²) in [5.74, 6) is 0.106. The van der Waals surface area contributed by atoms with E-state index in [9.17, 15) is 9.59 Å². The van der Waals surface area contributed by atoms with E-state index in [0.717, 1.165) is 24.2 Å². The van der Waals surface area contributed by atoms with Crippen molar-refractivity contribution in [2.75, 3.05) is 32.8 Å². The van der Waals surface area contributed by atoms with Gasteiger partial charge < -0.3 is 14.5 Å². The van der Waals surface area contributed by atoms with Gasteiger partial charge in [0, 0.05) is 25.7 Å². The van der Waals surface area contributed by atoms with Crippen LogP contribution in [0.2, 0.25) is 0 Å². The first-order valence-electron chi connectivity index (χ1n) is 11.2. The van der Waals surface area contributed by atoms with Gasteiger partial charge in [0.1, 0.15) is 5.58 Å². The van der Waals surface area contributed by atoms with E-state index in [1.807, 2.05) is 13.0 Å². The van der Waals surface area contributed by atoms with Crippen LogP contribution in [0.3, 0.4) is 0 Å². The lowest BCUT2D eigenvalue weighted by atomic mass is 9.98. The Balaban J connectivity index is 1.54. The first kappa shape index (κ1) is 22.2. The fraction of sp³-hybridized carbons (Fsp3) is 0.385. The average Bonchev–Trinajstić information content (AvgIpc) is 2.80. The fourth-order valence-corrected chi connectivity index (χ4v) is 4.11. The van der Waals surface area contributed by atoms with Crippen molar-refractivity contribution in [2.45, 2.75) is 32.7 Å². The molecule has 6 heteroatoms. The van der Waals surface area contributed by atoms with Gasteiger partial charge in [-0.25, -0.2) is 0 Å². The van der Waals surface area contributed by atoms with Gasteiger partial charge in [-0.2, -0.15) is 0 Å². The summed E-state index contributed by atoms with van der Waals surface area (Å²) in [6, 6.07) is 15.2. The van der Waals surface area contributed by atoms with Crippen LogP contribution in [0.15, 0.2) is 57.7 Å². The summed E-state index contributed by atoms with van der Waals surface area (Å²) in [5.41, 5.74) is 3.61. The van der Waals surface area contributed by atoms with E-state index in [2.05, 4.69) is 48.3 Å². The quantitative estimate of drug-likeness (QED) is 0.634. The van der Waals surface area contributed by atoms with Gasteiger partial charge in [-0.05, 0) is 36.1 Å². The zero-order valence-electron chi connectivity index (χ0n) is 18.9. The summed E-state index contributed by atoms with van der Waals surface area (Å²) < 4.78 is 11.3. The van der Waals surface area contributed by atoms with E-state index >= 15 is 0 Å². The molecule has 32 heavy (non-hydrogen) atoms. The number of morpholine rings is 1. The maximum atomic E-state index is 12.9. The molecule has 1 amide bonds. The van der Waals surface area contributed by atoms with E-state index in [1.165, 1.54) is 11.6 Å². The molecular weight excluding hydrogens is 404 g/mol. The Hall–Kier alpha value is -2.96. The second kappa shape index (κ2) is 9.67. The van der Waals surface area contributed by atoms with Crippen molar-refractivity contribution in [3.05, 3.63) is 81.2 Å². The summed E-state index contributed by atoms with van der Waals surface area (Å²) in [5, 5.41) is 3.47. The Morgan fingerprint density at radius 2 is 1.72 bits per heavy atom. The van der Waals surface area contributed by atoms with E-state index in [0.29, 0.717) is 36.6 Å². The molecule has 1 saturated heterocycles. The van der Waals surface area contributed by atoms with Crippen LogP contribution < -0.4 is 10.7 Å². The van der Waals surface area contributed by atoms with Gasteiger partial charge in [-0.15, -0.1) is 0 Å². The average molecular weight is 435 g/mol. The highest BCUT2D eigenvalue weighted by Crippen LogP contribution is 2.24. The van der Waals surface area contributed by atoms with Gasteiger partial charge in [-0.1, -0.05) is 49.7 Å². The third-order valence-electron chi connectivity index (χ3n) is 6.04. The molecule has 0 aliphatic carbocycles. The maximum absolute atomic E-state index is 12.9. The number of benzene rings is 2. The largest absolute Gasteiger partial charge is 0.451 e. The molecule has 1 aliphatic rings. The monoisotopic (exact) mass is 434 g/mol. The van der Waals surface area contributed by atoms with Gasteiger partial charge in [0.05, 0.1) is 24.6 Å². The molecular formula is C26H30N2O4. The summed E-state index contributed by atoms with van der Waals surface area (Å²) in [6.45, 7) is 9.63. The number of hydrogen-bond donors (Lipinski definition) is 1. The lowest BCUT2D eigenvalue weighted by molar-refractivity contribution is 0.0161. The van der Waals surface area contributed by atoms with Crippen molar-refractivity contribution in [2.24, 2.45) is 0 Å². The summed E-state index contributed by atoms with van der Waals surface area (Å²) >= 11 is 0. The predicted octanol–water partition coefficient (Wildman–Crippen LogP) is 4.03. The molecule has 2 heterocycles. The molecule has 3 aromatic rings. The van der Waals surface area contributed by atoms with Crippen LogP contribution in [0.4, 0.5) is 0 Å². The number of fused-ring (bicyclic) bond motifs is 1. The number of ether oxygens (including phenoxy) is 1. The molecule has 1 aromatic heterocycles. The van der Waals surface area contributed by atoms with Crippen LogP contribution in [0.5, 0.6) is 0 Å². The summed E-state index contributed by atoms with van der Waals surface area (Å²) in [7, 11) is 0. The zero-order valence-corrected chi connectivity index (χ0v) is 18.9. The van der Waals surface area contributed by atoms with Crippen molar-refractivity contribution in [3.8, 4) is 0 Å². The van der Waals surface area contributed by atoms with Gasteiger partial charge in [0.2, 0.25) is 0 Å². The minimum absolute atomic E-state index is 0.0129. The van der Waals surface area contributed by atoms with E-state index in [-0.39, 0.29) is 23.1 Å². The van der Waals surface area contributed by atoms with Crippen LogP contribution in [-0.2, 0) is 4.74 Å². The third-order valence-corrected chi connectivity index (χ3v) is 6.04. The number of nitrogens with zero attached hydrogens (tertiary/aromatic N) is 1. The first-order chi connectivity index (χ1) is 15.4. The Kier molecular flexibility index (Phi) is 6.72. The first-order valence-corrected chi connectivity index (χ1v) is 11.2. The van der Waals surface area contributed by atoms with Crippen LogP contribution in [0.1, 0.15) is 53.1 Å². The van der Waals surface area contributed by atoms with Gasteiger partial charge in [0.25, 0.3) is 5.91 Å². The minimum Gasteiger partial charge on any atom is -0.451 e. The molecule has 4 rings (SSSR count). The van der Waals surface area contributed by atoms with Crippen molar-refractivity contribution in [1.29, 1.82) is 0 Å². The number of aryl methyl sites for hydroxylation is 1. The Morgan fingerprint density at radius 3 is 2.41 bits per heavy atom. The standard InChI is InChI=1S/C26H30N2O4/c1-17(2)19-5-7-20(8-6-19)22(28-10-12-31-13-11-28)16-27-26(30)25-15-23(29)21-14-18(3)4-9-24(21)32-25/h4-9,14-15,17,22H,10-13,16H2,1-3H3,(H,27,30). The molecule has 168 valence electrons. The maximum Gasteiger partial charge on any atom is 0.287 e. The van der Waals surface area contributed by atoms with Crippen molar-refractivity contribution < 1.29 is 13.9 Å². The summed E-state index contributed by atoms with van der Waals surface area (Å²) in [6.07, 6.45) is 0. The Morgan fingerprint density at radius 1 is 1.03 bits per heavy atom. The van der Waals surface area contributed by atoms with Gasteiger partial charge in [0.15, 0.2) is 11.2 Å². The van der Waals surface area contributed by atoms with Crippen molar-refractivity contribution in [3.63, 3.8) is 0 Å². The highest BCUT2D eigenvalue weighted by Gasteiger charge is 2.24. The number of rotatable bonds is 6. The predicted molar refractivity (Wildman–Crippen MR) is 125 cm³/mol. The number of hydrogen-bond acceptors (Lipinski definition) is 5. The normalized spacial score (nSPS) is 15.8. The smallest absolute Gasteiger partial charge is 0.287 e. The molecule has 2 aromatic carbocycles. The molecule has 1 fully saturated rings. The highest BCUT2D eigenvalue weighted by atomic mass is 16.5. The number of nitrogens with one attached hydrogen (secondary N) is 1. The lowest BCUT2D eigenvalue weighted by Gasteiger charge is -2.35. The molecule has 1 unspecified atom stereocenters. The zero-order chi connectivity index (χ0) is 22.7. The van der Waals surface area contributed by atoms with Crippen LogP contribution in [0, 0.1) is 6.92 Å². The lowest BCUT2D eigenvalue weighted by Crippen LogP contribution is -2.43. The van der Waals surface area contributed by atoms with Crippen LogP contribution >= 0.6 is 0 Å². The van der Waals surface area contributed by atoms with Crippen LogP contribution in [0.25, 0.3) is 11.0 Å². The Bertz CT molecular complexity index is 1140. The molecule has 6 nitrogen and oxygen atoms in total. The second-order valence-corrected chi connectivity index (χ2v) is 8.67. The topological polar surface area (TPSA) is 71.8 Å². The SMILES string of the molecule is Cc1ccc2oc(C(=O)NCC(c3ccc(C(C)C)cc3)N3CCOCC3)cc(=O)c2c1. The van der Waals surface area contributed by atoms with Gasteiger partial charge >= 0.3 is 0 Å². The molecule has 1 N–H and O–H groups in total. The minimum atomic E-state index is -0.387. The van der Waals surface area contributed by atoms with E-state index in [4.69, 9.17) is 9.15 Å². The second-order valence-electron chi connectivity index (χ2n) is 8.67. The van der Waals surface area contributed by atoms with Crippen molar-refractivity contribution >= 4 is 16.9 Å². The third kappa shape index (κ3) is 4.92. The fourth-order valence-electron chi connectivity index (χ4n) is 4.11. The molecule has 1 aliphatic heterocycles. The van der Waals surface area contributed by atoms with Crippen LogP contribution in [-0.4, -0.2) is 43.7 Å². The number of amides is 1. The van der Waals surface area contributed by atoms with E-state index < -0.39 is 0 Å². The molecule has 0 saturated carbocycles. The van der Waals surface area contributed by atoms with Gasteiger partial charge in [-0.3, -0.25) is 14.5 Å². The molecule has 1 atom stereocenters. The number of carbonyl (C=O) groups is 1. The molecule has 0 radical (unpaired) electrons. The molecule has 0 spiro atoms.